The third-order valence-electron chi connectivity index (χ3n) is 7.14. The molecule has 1 amide bonds. The number of carboxylic acid groups (broad SMARTS) is 2. The van der Waals surface area contributed by atoms with Crippen LogP contribution in [-0.2, 0) is 14.3 Å². The first-order chi connectivity index (χ1) is 14.6. The number of nitrogens with one attached hydrogen (secondary N) is 1. The minimum atomic E-state index is -0.916. The van der Waals surface area contributed by atoms with Crippen LogP contribution in [0.5, 0.6) is 0 Å². The lowest BCUT2D eigenvalue weighted by Crippen LogP contribution is -2.48. The second-order valence-corrected chi connectivity index (χ2v) is 10.5. The first-order valence-electron chi connectivity index (χ1n) is 11.8. The zero-order valence-corrected chi connectivity index (χ0v) is 19.0. The van der Waals surface area contributed by atoms with Crippen molar-refractivity contribution >= 4 is 18.0 Å². The summed E-state index contributed by atoms with van der Waals surface area (Å²) < 4.78 is 5.37. The van der Waals surface area contributed by atoms with Gasteiger partial charge >= 0.3 is 18.0 Å². The summed E-state index contributed by atoms with van der Waals surface area (Å²) in [6.07, 6.45) is 10.0. The van der Waals surface area contributed by atoms with E-state index in [0.717, 1.165) is 32.1 Å². The van der Waals surface area contributed by atoms with Gasteiger partial charge in [0.15, 0.2) is 0 Å². The molecule has 0 bridgehead atoms. The largest absolute Gasteiger partial charge is 0.480 e. The van der Waals surface area contributed by atoms with E-state index in [1.807, 2.05) is 0 Å². The molecule has 0 radical (unpaired) electrons. The number of carbonyl (C=O) groups excluding carboxylic acids is 1. The highest BCUT2D eigenvalue weighted by Crippen LogP contribution is 2.40. The van der Waals surface area contributed by atoms with Crippen LogP contribution in [0.15, 0.2) is 0 Å². The molecule has 0 spiro atoms. The summed E-state index contributed by atoms with van der Waals surface area (Å²) in [5.74, 6) is -0.633. The second-order valence-electron chi connectivity index (χ2n) is 10.5. The third-order valence-corrected chi connectivity index (χ3v) is 7.14. The maximum atomic E-state index is 12.3. The number of amides is 1. The summed E-state index contributed by atoms with van der Waals surface area (Å²) in [7, 11) is 0. The highest BCUT2D eigenvalue weighted by molar-refractivity contribution is 5.81. The van der Waals surface area contributed by atoms with Gasteiger partial charge in [0, 0.05) is 12.1 Å². The molecule has 2 aliphatic heterocycles. The number of nitrogens with zero attached hydrogens (tertiary/aromatic N) is 1. The molecule has 2 aliphatic carbocycles. The van der Waals surface area contributed by atoms with Gasteiger partial charge in [0.2, 0.25) is 0 Å². The maximum absolute atomic E-state index is 12.3. The van der Waals surface area contributed by atoms with Crippen molar-refractivity contribution in [3.8, 4) is 0 Å². The van der Waals surface area contributed by atoms with E-state index in [1.54, 1.807) is 20.8 Å². The van der Waals surface area contributed by atoms with Gasteiger partial charge in [0.25, 0.3) is 0 Å². The number of rotatable bonds is 2. The Morgan fingerprint density at radius 3 is 2.06 bits per heavy atom. The van der Waals surface area contributed by atoms with Gasteiger partial charge in [-0.3, -0.25) is 9.69 Å². The number of hydrogen-bond donors (Lipinski definition) is 3. The molecule has 1 unspecified atom stereocenters. The lowest BCUT2D eigenvalue weighted by Gasteiger charge is -2.34. The second kappa shape index (κ2) is 9.76. The topological polar surface area (TPSA) is 116 Å². The molecule has 31 heavy (non-hydrogen) atoms. The quantitative estimate of drug-likeness (QED) is 0.603. The third kappa shape index (κ3) is 5.90. The number of fused-ring (bicyclic) bond motifs is 2. The molecule has 0 aromatic heterocycles. The van der Waals surface area contributed by atoms with Gasteiger partial charge in [-0.1, -0.05) is 25.7 Å². The molecule has 4 fully saturated rings. The van der Waals surface area contributed by atoms with Gasteiger partial charge in [0.1, 0.15) is 17.7 Å². The van der Waals surface area contributed by atoms with E-state index in [-0.39, 0.29) is 12.1 Å². The Hall–Kier alpha value is -1.83. The first-order valence-corrected chi connectivity index (χ1v) is 11.8. The lowest BCUT2D eigenvalue weighted by atomic mass is 9.85. The van der Waals surface area contributed by atoms with Crippen LogP contribution < -0.4 is 5.32 Å². The van der Waals surface area contributed by atoms with E-state index in [4.69, 9.17) is 9.84 Å². The van der Waals surface area contributed by atoms with E-state index in [2.05, 4.69) is 5.32 Å². The summed E-state index contributed by atoms with van der Waals surface area (Å²) in [6.45, 7) is 5.40. The fourth-order valence-electron chi connectivity index (χ4n) is 5.77. The van der Waals surface area contributed by atoms with Crippen molar-refractivity contribution in [2.75, 3.05) is 0 Å². The molecule has 2 heterocycles. The Kier molecular flexibility index (Phi) is 7.50. The predicted molar refractivity (Wildman–Crippen MR) is 115 cm³/mol. The van der Waals surface area contributed by atoms with Crippen LogP contribution in [0, 0.1) is 11.8 Å². The van der Waals surface area contributed by atoms with Crippen molar-refractivity contribution < 1.29 is 29.3 Å². The zero-order valence-electron chi connectivity index (χ0n) is 19.0. The molecule has 0 aromatic rings. The average molecular weight is 439 g/mol. The fraction of sp³-hybridized carbons (Fsp3) is 0.870. The number of likely N-dealkylation sites (tertiary alicyclic amines) is 1. The predicted octanol–water partition coefficient (Wildman–Crippen LogP) is 3.63. The van der Waals surface area contributed by atoms with Crippen molar-refractivity contribution in [1.29, 1.82) is 0 Å². The minimum Gasteiger partial charge on any atom is -0.480 e. The van der Waals surface area contributed by atoms with E-state index in [9.17, 15) is 19.5 Å². The Balaban J connectivity index is 0.000000194. The van der Waals surface area contributed by atoms with Crippen molar-refractivity contribution in [3.63, 3.8) is 0 Å². The Morgan fingerprint density at radius 1 is 0.871 bits per heavy atom. The lowest BCUT2D eigenvalue weighted by molar-refractivity contribution is -0.142. The van der Waals surface area contributed by atoms with Crippen LogP contribution >= 0.6 is 0 Å². The Morgan fingerprint density at radius 2 is 1.48 bits per heavy atom. The molecule has 0 aromatic carbocycles. The Labute approximate surface area is 184 Å². The summed E-state index contributed by atoms with van der Waals surface area (Å²) in [4.78, 5) is 35.8. The van der Waals surface area contributed by atoms with Crippen LogP contribution in [-0.4, -0.2) is 62.9 Å². The van der Waals surface area contributed by atoms with Crippen LogP contribution in [0.2, 0.25) is 0 Å². The Bertz CT molecular complexity index is 661. The number of carbonyl (C=O) groups is 3. The SMILES string of the molecule is CC(C)(C)OC(=O)N1[C@H](C(=O)O)C[C@@H]2CCCC[C@@H]21.O=C(O)C1C[C@@H]2CCCC[C@@H]2N1. The first kappa shape index (κ1) is 23.8. The molecule has 4 rings (SSSR count). The molecule has 4 aliphatic rings. The summed E-state index contributed by atoms with van der Waals surface area (Å²) in [5, 5.41) is 21.3. The molecule has 2 saturated heterocycles. The highest BCUT2D eigenvalue weighted by Gasteiger charge is 2.48. The van der Waals surface area contributed by atoms with E-state index < -0.39 is 29.7 Å². The van der Waals surface area contributed by atoms with Gasteiger partial charge in [-0.05, 0) is 71.1 Å². The van der Waals surface area contributed by atoms with Gasteiger partial charge in [-0.25, -0.2) is 9.59 Å². The van der Waals surface area contributed by atoms with Crippen LogP contribution in [0.4, 0.5) is 4.79 Å². The van der Waals surface area contributed by atoms with Crippen molar-refractivity contribution in [3.05, 3.63) is 0 Å². The molecule has 8 heteroatoms. The van der Waals surface area contributed by atoms with E-state index in [0.29, 0.717) is 24.3 Å². The molecular formula is C23H38N2O6. The molecule has 2 saturated carbocycles. The van der Waals surface area contributed by atoms with Crippen molar-refractivity contribution in [1.82, 2.24) is 10.2 Å². The smallest absolute Gasteiger partial charge is 0.411 e. The molecule has 8 nitrogen and oxygen atoms in total. The number of carboxylic acids is 2. The standard InChI is InChI=1S/C14H23NO4.C9H15NO2/c1-14(2,3)19-13(18)15-10-7-5-4-6-9(10)8-11(15)12(16)17;11-9(12)8-5-6-3-1-2-4-7(6)10-8/h9-11H,4-8H2,1-3H3,(H,16,17);6-8,10H,1-5H2,(H,11,12)/t9-,10-,11-;6-,7-,8?/m00/s1. The number of ether oxygens (including phenoxy) is 1. The van der Waals surface area contributed by atoms with E-state index in [1.165, 1.54) is 30.6 Å². The van der Waals surface area contributed by atoms with Crippen molar-refractivity contribution in [2.45, 2.75) is 115 Å². The maximum Gasteiger partial charge on any atom is 0.411 e. The average Bonchev–Trinajstić information content (AvgIpc) is 3.29. The summed E-state index contributed by atoms with van der Waals surface area (Å²) in [6, 6.07) is -0.439. The normalized spacial score (nSPS) is 34.7. The molecule has 3 N–H and O–H groups in total. The summed E-state index contributed by atoms with van der Waals surface area (Å²) in [5.41, 5.74) is -0.590. The van der Waals surface area contributed by atoms with E-state index >= 15 is 0 Å². The van der Waals surface area contributed by atoms with Crippen LogP contribution in [0.3, 0.4) is 0 Å². The van der Waals surface area contributed by atoms with Crippen LogP contribution in [0.25, 0.3) is 0 Å². The molecule has 6 atom stereocenters. The highest BCUT2D eigenvalue weighted by atomic mass is 16.6. The summed E-state index contributed by atoms with van der Waals surface area (Å²) >= 11 is 0. The van der Waals surface area contributed by atoms with Gasteiger partial charge in [0.05, 0.1) is 0 Å². The van der Waals surface area contributed by atoms with Crippen LogP contribution in [0.1, 0.15) is 85.0 Å². The minimum absolute atomic E-state index is 0.0460. The monoisotopic (exact) mass is 438 g/mol. The van der Waals surface area contributed by atoms with Gasteiger partial charge in [-0.2, -0.15) is 0 Å². The fourth-order valence-corrected chi connectivity index (χ4v) is 5.77. The zero-order chi connectivity index (χ0) is 22.8. The number of hydrogen-bond acceptors (Lipinski definition) is 5. The van der Waals surface area contributed by atoms with Crippen molar-refractivity contribution in [2.24, 2.45) is 11.8 Å². The molecular weight excluding hydrogens is 400 g/mol. The number of aliphatic carboxylic acids is 2. The molecule has 176 valence electrons. The van der Waals surface area contributed by atoms with Gasteiger partial charge < -0.3 is 20.3 Å². The van der Waals surface area contributed by atoms with Gasteiger partial charge in [-0.15, -0.1) is 0 Å².